The molecule has 0 saturated carbocycles. The van der Waals surface area contributed by atoms with E-state index < -0.39 is 6.04 Å². The number of nitrogens with zero attached hydrogens (tertiary/aromatic N) is 3. The van der Waals surface area contributed by atoms with Crippen molar-refractivity contribution in [2.24, 2.45) is 0 Å². The van der Waals surface area contributed by atoms with E-state index in [0.29, 0.717) is 37.4 Å². The summed E-state index contributed by atoms with van der Waals surface area (Å²) in [6.45, 7) is 5.01. The molecular formula is C19H21BrN4O4. The van der Waals surface area contributed by atoms with Crippen molar-refractivity contribution in [1.29, 1.82) is 0 Å². The summed E-state index contributed by atoms with van der Waals surface area (Å²) in [6, 6.07) is 7.86. The highest BCUT2D eigenvalue weighted by atomic mass is 79.9. The van der Waals surface area contributed by atoms with Gasteiger partial charge in [0, 0.05) is 42.3 Å². The molecule has 8 nitrogen and oxygen atoms in total. The molecule has 0 unspecified atom stereocenters. The van der Waals surface area contributed by atoms with Crippen molar-refractivity contribution in [3.8, 4) is 0 Å². The van der Waals surface area contributed by atoms with Crippen LogP contribution in [0, 0.1) is 6.92 Å². The maximum atomic E-state index is 12.6. The van der Waals surface area contributed by atoms with E-state index in [9.17, 15) is 14.4 Å². The molecule has 3 rings (SSSR count). The van der Waals surface area contributed by atoms with Crippen LogP contribution in [-0.4, -0.2) is 64.9 Å². The number of aromatic nitrogens is 1. The summed E-state index contributed by atoms with van der Waals surface area (Å²) in [5.74, 6) is -0.507. The van der Waals surface area contributed by atoms with Crippen LogP contribution in [0.2, 0.25) is 0 Å². The Morgan fingerprint density at radius 2 is 1.71 bits per heavy atom. The zero-order valence-electron chi connectivity index (χ0n) is 15.6. The molecule has 0 spiro atoms. The van der Waals surface area contributed by atoms with Crippen LogP contribution in [0.4, 0.5) is 0 Å². The Hall–Kier alpha value is -2.68. The molecule has 1 saturated heterocycles. The summed E-state index contributed by atoms with van der Waals surface area (Å²) in [5, 5.41) is 6.45. The molecule has 0 aliphatic carbocycles. The molecule has 148 valence electrons. The number of benzene rings is 1. The Bertz CT molecular complexity index is 872. The first-order chi connectivity index (χ1) is 13.3. The highest BCUT2D eigenvalue weighted by molar-refractivity contribution is 9.10. The average molecular weight is 449 g/mol. The third kappa shape index (κ3) is 4.59. The molecule has 0 radical (unpaired) electrons. The molecule has 0 bridgehead atoms. The molecule has 1 N–H and O–H groups in total. The zero-order chi connectivity index (χ0) is 20.3. The van der Waals surface area contributed by atoms with Crippen LogP contribution in [0.5, 0.6) is 0 Å². The molecule has 1 aromatic heterocycles. The van der Waals surface area contributed by atoms with Gasteiger partial charge in [-0.2, -0.15) is 0 Å². The number of aryl methyl sites for hydroxylation is 1. The van der Waals surface area contributed by atoms with Crippen LogP contribution >= 0.6 is 15.9 Å². The van der Waals surface area contributed by atoms with Gasteiger partial charge in [-0.3, -0.25) is 14.4 Å². The minimum Gasteiger partial charge on any atom is -0.351 e. The predicted molar refractivity (Wildman–Crippen MR) is 105 cm³/mol. The number of amides is 3. The Morgan fingerprint density at radius 1 is 1.11 bits per heavy atom. The van der Waals surface area contributed by atoms with Crippen LogP contribution in [0.1, 0.15) is 33.5 Å². The Kier molecular flexibility index (Phi) is 6.13. The topological polar surface area (TPSA) is 95.8 Å². The number of rotatable bonds is 4. The maximum absolute atomic E-state index is 12.6. The molecule has 3 amide bonds. The predicted octanol–water partition coefficient (Wildman–Crippen LogP) is 1.85. The molecule has 1 aromatic carbocycles. The van der Waals surface area contributed by atoms with Gasteiger partial charge in [0.05, 0.1) is 5.69 Å². The first-order valence-corrected chi connectivity index (χ1v) is 9.72. The van der Waals surface area contributed by atoms with E-state index in [1.165, 1.54) is 0 Å². The van der Waals surface area contributed by atoms with Crippen molar-refractivity contribution >= 4 is 33.7 Å². The van der Waals surface area contributed by atoms with Crippen molar-refractivity contribution in [3.63, 3.8) is 0 Å². The van der Waals surface area contributed by atoms with Crippen LogP contribution in [-0.2, 0) is 4.79 Å². The first-order valence-electron chi connectivity index (χ1n) is 8.93. The van der Waals surface area contributed by atoms with Crippen molar-refractivity contribution in [2.45, 2.75) is 19.9 Å². The standard InChI is InChI=1S/C19H21BrN4O4/c1-12-11-16(28-22-12)19(27)24-9-7-23(8-10-24)18(26)13(2)21-17(25)14-3-5-15(20)6-4-14/h3-6,11,13H,7-10H2,1-2H3,(H,21,25)/t13-/m1/s1. The van der Waals surface area contributed by atoms with E-state index >= 15 is 0 Å². The number of carbonyl (C=O) groups is 3. The minimum atomic E-state index is -0.657. The lowest BCUT2D eigenvalue weighted by atomic mass is 10.2. The summed E-state index contributed by atoms with van der Waals surface area (Å²) in [6.07, 6.45) is 0. The first kappa shape index (κ1) is 20.1. The molecule has 2 heterocycles. The van der Waals surface area contributed by atoms with Crippen molar-refractivity contribution in [1.82, 2.24) is 20.3 Å². The largest absolute Gasteiger partial charge is 0.351 e. The molecule has 1 atom stereocenters. The number of halogens is 1. The van der Waals surface area contributed by atoms with Gasteiger partial charge in [-0.05, 0) is 38.1 Å². The number of hydrogen-bond acceptors (Lipinski definition) is 5. The average Bonchev–Trinajstić information content (AvgIpc) is 3.13. The smallest absolute Gasteiger partial charge is 0.292 e. The summed E-state index contributed by atoms with van der Waals surface area (Å²) < 4.78 is 5.89. The van der Waals surface area contributed by atoms with Crippen LogP contribution in [0.25, 0.3) is 0 Å². The van der Waals surface area contributed by atoms with Gasteiger partial charge in [0.15, 0.2) is 0 Å². The Labute approximate surface area is 171 Å². The fourth-order valence-electron chi connectivity index (χ4n) is 2.97. The quantitative estimate of drug-likeness (QED) is 0.769. The normalized spacial score (nSPS) is 15.2. The fourth-order valence-corrected chi connectivity index (χ4v) is 3.23. The van der Waals surface area contributed by atoms with Gasteiger partial charge in [0.25, 0.3) is 11.8 Å². The molecule has 28 heavy (non-hydrogen) atoms. The molecule has 1 aliphatic rings. The summed E-state index contributed by atoms with van der Waals surface area (Å²) in [5.41, 5.74) is 1.13. The van der Waals surface area contributed by atoms with Gasteiger partial charge < -0.3 is 19.6 Å². The van der Waals surface area contributed by atoms with E-state index in [-0.39, 0.29) is 23.5 Å². The monoisotopic (exact) mass is 448 g/mol. The van der Waals surface area contributed by atoms with Gasteiger partial charge in [-0.25, -0.2) is 0 Å². The van der Waals surface area contributed by atoms with Crippen molar-refractivity contribution < 1.29 is 18.9 Å². The van der Waals surface area contributed by atoms with Gasteiger partial charge in [0.1, 0.15) is 6.04 Å². The molecule has 1 aliphatic heterocycles. The van der Waals surface area contributed by atoms with Crippen LogP contribution in [0.15, 0.2) is 39.3 Å². The Morgan fingerprint density at radius 3 is 2.29 bits per heavy atom. The molecule has 1 fully saturated rings. The maximum Gasteiger partial charge on any atom is 0.292 e. The lowest BCUT2D eigenvalue weighted by Gasteiger charge is -2.35. The SMILES string of the molecule is Cc1cc(C(=O)N2CCN(C(=O)[C@@H](C)NC(=O)c3ccc(Br)cc3)CC2)on1. The van der Waals surface area contributed by atoms with Gasteiger partial charge in [-0.15, -0.1) is 0 Å². The molecule has 9 heteroatoms. The van der Waals surface area contributed by atoms with E-state index in [2.05, 4.69) is 26.4 Å². The molecular weight excluding hydrogens is 428 g/mol. The summed E-state index contributed by atoms with van der Waals surface area (Å²) in [4.78, 5) is 40.6. The second-order valence-electron chi connectivity index (χ2n) is 6.65. The van der Waals surface area contributed by atoms with E-state index in [1.807, 2.05) is 0 Å². The molecule has 2 aromatic rings. The highest BCUT2D eigenvalue weighted by Crippen LogP contribution is 2.12. The lowest BCUT2D eigenvalue weighted by Crippen LogP contribution is -2.55. The lowest BCUT2D eigenvalue weighted by molar-refractivity contribution is -0.134. The van der Waals surface area contributed by atoms with Crippen LogP contribution < -0.4 is 5.32 Å². The number of nitrogens with one attached hydrogen (secondary N) is 1. The van der Waals surface area contributed by atoms with Gasteiger partial charge in [-0.1, -0.05) is 21.1 Å². The van der Waals surface area contributed by atoms with Crippen LogP contribution in [0.3, 0.4) is 0 Å². The minimum absolute atomic E-state index is 0.173. The fraction of sp³-hybridized carbons (Fsp3) is 0.368. The summed E-state index contributed by atoms with van der Waals surface area (Å²) >= 11 is 3.32. The number of piperazine rings is 1. The van der Waals surface area contributed by atoms with E-state index in [0.717, 1.165) is 4.47 Å². The second-order valence-corrected chi connectivity index (χ2v) is 7.57. The number of hydrogen-bond donors (Lipinski definition) is 1. The third-order valence-electron chi connectivity index (χ3n) is 4.54. The summed E-state index contributed by atoms with van der Waals surface area (Å²) in [7, 11) is 0. The zero-order valence-corrected chi connectivity index (χ0v) is 17.2. The van der Waals surface area contributed by atoms with Crippen molar-refractivity contribution in [2.75, 3.05) is 26.2 Å². The Balaban J connectivity index is 1.52. The van der Waals surface area contributed by atoms with Crippen molar-refractivity contribution in [3.05, 3.63) is 51.8 Å². The number of carbonyl (C=O) groups excluding carboxylic acids is 3. The van der Waals surface area contributed by atoms with Gasteiger partial charge >= 0.3 is 0 Å². The van der Waals surface area contributed by atoms with Gasteiger partial charge in [0.2, 0.25) is 11.7 Å². The third-order valence-corrected chi connectivity index (χ3v) is 5.07. The highest BCUT2D eigenvalue weighted by Gasteiger charge is 2.29. The second kappa shape index (κ2) is 8.55. The van der Waals surface area contributed by atoms with E-state index in [4.69, 9.17) is 4.52 Å². The van der Waals surface area contributed by atoms with E-state index in [1.54, 1.807) is 54.0 Å².